The lowest BCUT2D eigenvalue weighted by Crippen LogP contribution is -2.17. The molecule has 0 saturated heterocycles. The fourth-order valence-electron chi connectivity index (χ4n) is 7.85. The van der Waals surface area contributed by atoms with Crippen LogP contribution in [0.15, 0.2) is 158 Å². The first-order valence-corrected chi connectivity index (χ1v) is 15.5. The van der Waals surface area contributed by atoms with Crippen molar-refractivity contribution in [2.75, 3.05) is 4.90 Å². The Balaban J connectivity index is 1.25. The van der Waals surface area contributed by atoms with E-state index in [1.54, 1.807) is 0 Å². The molecule has 1 atom stereocenters. The van der Waals surface area contributed by atoms with E-state index in [1.165, 1.54) is 66.7 Å². The SMILES string of the molecule is c1ccc(C2c3ccccc3-c3c2ccc2c3c3cccc4c3n2-c2ccccc2N4c2ccc(-c3cccnc3)cc2)cc1. The van der Waals surface area contributed by atoms with Gasteiger partial charge in [-0.2, -0.15) is 0 Å². The maximum atomic E-state index is 4.32. The lowest BCUT2D eigenvalue weighted by Gasteiger charge is -2.33. The molecule has 0 spiro atoms. The largest absolute Gasteiger partial charge is 0.306 e. The van der Waals surface area contributed by atoms with Crippen LogP contribution in [-0.2, 0) is 0 Å². The average Bonchev–Trinajstić information content (AvgIpc) is 3.63. The van der Waals surface area contributed by atoms with Crippen molar-refractivity contribution in [3.8, 4) is 27.9 Å². The predicted molar refractivity (Wildman–Crippen MR) is 185 cm³/mol. The number of nitrogens with zero attached hydrogens (tertiary/aromatic N) is 3. The van der Waals surface area contributed by atoms with Crippen LogP contribution in [0.25, 0.3) is 49.7 Å². The van der Waals surface area contributed by atoms with Gasteiger partial charge in [0.15, 0.2) is 0 Å². The van der Waals surface area contributed by atoms with Gasteiger partial charge in [0.2, 0.25) is 0 Å². The highest BCUT2D eigenvalue weighted by Crippen LogP contribution is 2.55. The zero-order chi connectivity index (χ0) is 29.5. The van der Waals surface area contributed by atoms with E-state index < -0.39 is 0 Å². The molecule has 6 aromatic carbocycles. The number of aromatic nitrogens is 2. The second-order valence-corrected chi connectivity index (χ2v) is 12.0. The molecule has 0 N–H and O–H groups in total. The standard InChI is InChI=1S/C42H27N3/c1-2-10-28(11-3-1)39-31-13-4-5-14-32(31)40-33(39)23-24-37-41(40)34-15-8-18-38-42(34)45(37)36-17-7-6-16-35(36)44(38)30-21-19-27(20-22-30)29-12-9-25-43-26-29/h1-26,39H. The quantitative estimate of drug-likeness (QED) is 0.210. The molecule has 0 fully saturated rings. The number of anilines is 3. The summed E-state index contributed by atoms with van der Waals surface area (Å²) < 4.78 is 2.49. The predicted octanol–water partition coefficient (Wildman–Crippen LogP) is 10.8. The van der Waals surface area contributed by atoms with Gasteiger partial charge in [0.05, 0.1) is 28.1 Å². The summed E-state index contributed by atoms with van der Waals surface area (Å²) in [5.74, 6) is 0.218. The van der Waals surface area contributed by atoms with Crippen LogP contribution in [0.2, 0.25) is 0 Å². The molecule has 8 aromatic rings. The highest BCUT2D eigenvalue weighted by atomic mass is 15.2. The third-order valence-corrected chi connectivity index (χ3v) is 9.67. The molecule has 1 aliphatic carbocycles. The minimum atomic E-state index is 0.218. The van der Waals surface area contributed by atoms with Crippen LogP contribution in [0.4, 0.5) is 17.1 Å². The van der Waals surface area contributed by atoms with Gasteiger partial charge in [-0.1, -0.05) is 103 Å². The van der Waals surface area contributed by atoms with Gasteiger partial charge in [-0.3, -0.25) is 4.98 Å². The molecule has 3 heteroatoms. The fourth-order valence-corrected chi connectivity index (χ4v) is 7.85. The van der Waals surface area contributed by atoms with Crippen molar-refractivity contribution in [1.29, 1.82) is 0 Å². The summed E-state index contributed by atoms with van der Waals surface area (Å²) in [4.78, 5) is 6.74. The molecular weight excluding hydrogens is 546 g/mol. The number of pyridine rings is 1. The minimum Gasteiger partial charge on any atom is -0.306 e. The summed E-state index contributed by atoms with van der Waals surface area (Å²) in [6.45, 7) is 0. The molecule has 1 unspecified atom stereocenters. The smallest absolute Gasteiger partial charge is 0.0783 e. The van der Waals surface area contributed by atoms with Gasteiger partial charge in [-0.25, -0.2) is 0 Å². The summed E-state index contributed by atoms with van der Waals surface area (Å²) in [5, 5.41) is 2.62. The molecule has 2 aromatic heterocycles. The summed E-state index contributed by atoms with van der Waals surface area (Å²) in [6, 6.07) is 53.2. The van der Waals surface area contributed by atoms with Crippen molar-refractivity contribution in [2.45, 2.75) is 5.92 Å². The molecule has 3 nitrogen and oxygen atoms in total. The van der Waals surface area contributed by atoms with Gasteiger partial charge >= 0.3 is 0 Å². The summed E-state index contributed by atoms with van der Waals surface area (Å²) in [5.41, 5.74) is 16.3. The van der Waals surface area contributed by atoms with Crippen LogP contribution < -0.4 is 4.90 Å². The Bertz CT molecular complexity index is 2420. The first-order valence-electron chi connectivity index (χ1n) is 15.5. The van der Waals surface area contributed by atoms with Gasteiger partial charge in [0.25, 0.3) is 0 Å². The number of fused-ring (bicyclic) bond motifs is 9. The van der Waals surface area contributed by atoms with Crippen LogP contribution in [0.5, 0.6) is 0 Å². The lowest BCUT2D eigenvalue weighted by molar-refractivity contribution is 1.02. The van der Waals surface area contributed by atoms with Gasteiger partial charge in [-0.05, 0) is 81.4 Å². The van der Waals surface area contributed by atoms with Crippen molar-refractivity contribution < 1.29 is 0 Å². The molecule has 210 valence electrons. The monoisotopic (exact) mass is 573 g/mol. The second kappa shape index (κ2) is 9.28. The third kappa shape index (κ3) is 3.38. The van der Waals surface area contributed by atoms with E-state index in [0.29, 0.717) is 0 Å². The van der Waals surface area contributed by atoms with E-state index in [2.05, 4.69) is 154 Å². The molecule has 0 radical (unpaired) electrons. The molecule has 3 heterocycles. The number of para-hydroxylation sites is 3. The Kier molecular flexibility index (Phi) is 5.06. The average molecular weight is 574 g/mol. The molecular formula is C42H27N3. The van der Waals surface area contributed by atoms with Gasteiger partial charge in [-0.15, -0.1) is 0 Å². The second-order valence-electron chi connectivity index (χ2n) is 12.0. The highest BCUT2D eigenvalue weighted by Gasteiger charge is 2.35. The molecule has 45 heavy (non-hydrogen) atoms. The van der Waals surface area contributed by atoms with E-state index in [9.17, 15) is 0 Å². The number of benzene rings is 6. The van der Waals surface area contributed by atoms with E-state index in [0.717, 1.165) is 16.8 Å². The van der Waals surface area contributed by atoms with Gasteiger partial charge in [0.1, 0.15) is 0 Å². The number of hydrogen-bond acceptors (Lipinski definition) is 2. The first kappa shape index (κ1) is 24.5. The van der Waals surface area contributed by atoms with E-state index >= 15 is 0 Å². The topological polar surface area (TPSA) is 21.1 Å². The normalized spacial score (nSPS) is 14.4. The summed E-state index contributed by atoms with van der Waals surface area (Å²) >= 11 is 0. The van der Waals surface area contributed by atoms with Crippen LogP contribution in [0.1, 0.15) is 22.6 Å². The Labute approximate surface area is 261 Å². The van der Waals surface area contributed by atoms with Crippen LogP contribution >= 0.6 is 0 Å². The Morgan fingerprint density at radius 2 is 1.31 bits per heavy atom. The summed E-state index contributed by atoms with van der Waals surface area (Å²) in [6.07, 6.45) is 3.74. The van der Waals surface area contributed by atoms with E-state index in [-0.39, 0.29) is 5.92 Å². The Morgan fingerprint density at radius 3 is 2.16 bits per heavy atom. The molecule has 0 amide bonds. The highest BCUT2D eigenvalue weighted by molar-refractivity contribution is 6.22. The van der Waals surface area contributed by atoms with Crippen molar-refractivity contribution in [2.24, 2.45) is 0 Å². The maximum absolute atomic E-state index is 4.32. The van der Waals surface area contributed by atoms with Crippen molar-refractivity contribution >= 4 is 38.9 Å². The van der Waals surface area contributed by atoms with Crippen LogP contribution in [-0.4, -0.2) is 9.55 Å². The molecule has 0 bridgehead atoms. The summed E-state index contributed by atoms with van der Waals surface area (Å²) in [7, 11) is 0. The maximum Gasteiger partial charge on any atom is 0.0783 e. The first-order chi connectivity index (χ1) is 22.4. The number of hydrogen-bond donors (Lipinski definition) is 0. The van der Waals surface area contributed by atoms with E-state index in [1.807, 2.05) is 18.5 Å². The van der Waals surface area contributed by atoms with Gasteiger partial charge in [0, 0.05) is 34.8 Å². The Hall–Kier alpha value is -5.93. The van der Waals surface area contributed by atoms with Crippen LogP contribution in [0.3, 0.4) is 0 Å². The Morgan fingerprint density at radius 1 is 0.533 bits per heavy atom. The minimum absolute atomic E-state index is 0.218. The van der Waals surface area contributed by atoms with Crippen LogP contribution in [0, 0.1) is 0 Å². The molecule has 1 aliphatic heterocycles. The van der Waals surface area contributed by atoms with Crippen molar-refractivity contribution in [3.05, 3.63) is 175 Å². The zero-order valence-corrected chi connectivity index (χ0v) is 24.4. The zero-order valence-electron chi connectivity index (χ0n) is 24.4. The fraction of sp³-hybridized carbons (Fsp3) is 0.0238. The van der Waals surface area contributed by atoms with Crippen molar-refractivity contribution in [1.82, 2.24) is 9.55 Å². The molecule has 10 rings (SSSR count). The number of rotatable bonds is 3. The van der Waals surface area contributed by atoms with Crippen molar-refractivity contribution in [3.63, 3.8) is 0 Å². The molecule has 2 aliphatic rings. The van der Waals surface area contributed by atoms with E-state index in [4.69, 9.17) is 0 Å². The van der Waals surface area contributed by atoms with Gasteiger partial charge < -0.3 is 9.47 Å². The third-order valence-electron chi connectivity index (χ3n) is 9.67. The molecule has 0 saturated carbocycles. The lowest BCUT2D eigenvalue weighted by atomic mass is 9.89.